The van der Waals surface area contributed by atoms with Gasteiger partial charge in [-0.05, 0) is 33.8 Å². The van der Waals surface area contributed by atoms with Crippen LogP contribution >= 0.6 is 11.3 Å². The van der Waals surface area contributed by atoms with Gasteiger partial charge in [0.25, 0.3) is 5.91 Å². The molecule has 0 aliphatic heterocycles. The smallest absolute Gasteiger partial charge is 0.268 e. The second kappa shape index (κ2) is 5.88. The van der Waals surface area contributed by atoms with Gasteiger partial charge in [-0.15, -0.1) is 11.3 Å². The van der Waals surface area contributed by atoms with Gasteiger partial charge in [0.15, 0.2) is 5.82 Å². The van der Waals surface area contributed by atoms with E-state index in [4.69, 9.17) is 0 Å². The number of nitrogens with one attached hydrogen (secondary N) is 1. The lowest BCUT2D eigenvalue weighted by Gasteiger charge is -2.06. The minimum Gasteiger partial charge on any atom is -0.306 e. The van der Waals surface area contributed by atoms with Crippen molar-refractivity contribution in [2.24, 2.45) is 0 Å². The molecule has 7 nitrogen and oxygen atoms in total. The first-order chi connectivity index (χ1) is 10.9. The van der Waals surface area contributed by atoms with E-state index in [0.29, 0.717) is 16.5 Å². The molecule has 0 aromatic carbocycles. The third-order valence-electron chi connectivity index (χ3n) is 3.23. The van der Waals surface area contributed by atoms with Crippen molar-refractivity contribution in [1.82, 2.24) is 24.7 Å². The number of nitrogens with zero attached hydrogens (tertiary/aromatic N) is 5. The summed E-state index contributed by atoms with van der Waals surface area (Å²) in [6.07, 6.45) is 1.41. The van der Waals surface area contributed by atoms with Crippen LogP contribution in [0.1, 0.15) is 31.8 Å². The first-order valence-electron chi connectivity index (χ1n) is 7.05. The van der Waals surface area contributed by atoms with E-state index in [9.17, 15) is 4.79 Å². The summed E-state index contributed by atoms with van der Waals surface area (Å²) in [5.74, 6) is 0.822. The highest BCUT2D eigenvalue weighted by Crippen LogP contribution is 2.19. The summed E-state index contributed by atoms with van der Waals surface area (Å²) in [5, 5.41) is 8.03. The number of amides is 1. The van der Waals surface area contributed by atoms with Crippen LogP contribution in [0.15, 0.2) is 18.5 Å². The van der Waals surface area contributed by atoms with Crippen molar-refractivity contribution in [2.75, 3.05) is 5.32 Å². The third-order valence-corrected chi connectivity index (χ3v) is 4.30. The molecule has 0 aliphatic rings. The number of hydrogen-bond acceptors (Lipinski definition) is 6. The van der Waals surface area contributed by atoms with Gasteiger partial charge in [0.2, 0.25) is 0 Å². The second-order valence-electron chi connectivity index (χ2n) is 5.20. The van der Waals surface area contributed by atoms with Gasteiger partial charge in [-0.3, -0.25) is 4.79 Å². The topological polar surface area (TPSA) is 85.6 Å². The van der Waals surface area contributed by atoms with Crippen LogP contribution in [0, 0.1) is 27.7 Å². The van der Waals surface area contributed by atoms with Crippen molar-refractivity contribution in [3.63, 3.8) is 0 Å². The number of anilines is 1. The Labute approximate surface area is 137 Å². The summed E-state index contributed by atoms with van der Waals surface area (Å²) in [6, 6.07) is 3.66. The Morgan fingerprint density at radius 3 is 2.57 bits per heavy atom. The predicted octanol–water partition coefficient (Wildman–Crippen LogP) is 2.60. The molecule has 0 bridgehead atoms. The minimum atomic E-state index is -0.217. The van der Waals surface area contributed by atoms with E-state index in [-0.39, 0.29) is 5.91 Å². The number of carbonyl (C=O) groups is 1. The van der Waals surface area contributed by atoms with Crippen molar-refractivity contribution in [2.45, 2.75) is 27.7 Å². The fourth-order valence-corrected chi connectivity index (χ4v) is 3.12. The van der Waals surface area contributed by atoms with E-state index < -0.39 is 0 Å². The zero-order chi connectivity index (χ0) is 16.6. The van der Waals surface area contributed by atoms with E-state index >= 15 is 0 Å². The van der Waals surface area contributed by atoms with E-state index in [1.165, 1.54) is 17.7 Å². The Morgan fingerprint density at radius 1 is 1.17 bits per heavy atom. The predicted molar refractivity (Wildman–Crippen MR) is 88.2 cm³/mol. The van der Waals surface area contributed by atoms with Gasteiger partial charge in [0.1, 0.15) is 17.0 Å². The maximum Gasteiger partial charge on any atom is 0.268 e. The van der Waals surface area contributed by atoms with Crippen LogP contribution in [0.25, 0.3) is 5.82 Å². The van der Waals surface area contributed by atoms with Crippen LogP contribution in [-0.4, -0.2) is 30.6 Å². The summed E-state index contributed by atoms with van der Waals surface area (Å²) < 4.78 is 1.72. The SMILES string of the molecule is Cc1cc(C)n(-c2cc(NC(=O)c3sc(C)nc3C)ncn2)n1. The van der Waals surface area contributed by atoms with Gasteiger partial charge < -0.3 is 5.32 Å². The van der Waals surface area contributed by atoms with Crippen LogP contribution in [0.3, 0.4) is 0 Å². The molecule has 0 saturated carbocycles. The lowest BCUT2D eigenvalue weighted by atomic mass is 10.3. The molecular weight excluding hydrogens is 312 g/mol. The Bertz CT molecular complexity index is 882. The molecule has 0 radical (unpaired) electrons. The molecule has 0 aliphatic carbocycles. The van der Waals surface area contributed by atoms with Crippen molar-refractivity contribution in [3.05, 3.63) is 45.4 Å². The van der Waals surface area contributed by atoms with E-state index in [2.05, 4.69) is 25.4 Å². The van der Waals surface area contributed by atoms with E-state index in [1.54, 1.807) is 10.7 Å². The van der Waals surface area contributed by atoms with Crippen LogP contribution in [0.4, 0.5) is 5.82 Å². The Morgan fingerprint density at radius 2 is 1.96 bits per heavy atom. The fourth-order valence-electron chi connectivity index (χ4n) is 2.31. The maximum atomic E-state index is 12.3. The minimum absolute atomic E-state index is 0.217. The zero-order valence-electron chi connectivity index (χ0n) is 13.3. The molecule has 3 aromatic rings. The highest BCUT2D eigenvalue weighted by atomic mass is 32.1. The molecule has 0 fully saturated rings. The fraction of sp³-hybridized carbons (Fsp3) is 0.267. The number of aromatic nitrogens is 5. The standard InChI is InChI=1S/C15H16N6OS/c1-8-5-9(2)21(20-8)13-6-12(16-7-17-13)19-15(22)14-10(3)18-11(4)23-14/h5-7H,1-4H3,(H,16,17,19,22). The molecule has 0 saturated heterocycles. The summed E-state index contributed by atoms with van der Waals surface area (Å²) >= 11 is 1.36. The van der Waals surface area contributed by atoms with Gasteiger partial charge in [-0.2, -0.15) is 5.10 Å². The largest absolute Gasteiger partial charge is 0.306 e. The number of rotatable bonds is 3. The number of aryl methyl sites for hydroxylation is 4. The van der Waals surface area contributed by atoms with Crippen molar-refractivity contribution in [3.8, 4) is 5.82 Å². The molecule has 118 valence electrons. The number of hydrogen-bond donors (Lipinski definition) is 1. The normalized spacial score (nSPS) is 10.8. The van der Waals surface area contributed by atoms with Crippen molar-refractivity contribution in [1.29, 1.82) is 0 Å². The van der Waals surface area contributed by atoms with Crippen molar-refractivity contribution >= 4 is 23.1 Å². The van der Waals surface area contributed by atoms with Crippen LogP contribution in [0.2, 0.25) is 0 Å². The summed E-state index contributed by atoms with van der Waals surface area (Å²) in [6.45, 7) is 7.56. The van der Waals surface area contributed by atoms with Gasteiger partial charge in [-0.25, -0.2) is 19.6 Å². The number of thiazole rings is 1. The molecule has 0 unspecified atom stereocenters. The molecule has 3 aromatic heterocycles. The first-order valence-corrected chi connectivity index (χ1v) is 7.87. The summed E-state index contributed by atoms with van der Waals surface area (Å²) in [7, 11) is 0. The molecular formula is C15H16N6OS. The van der Waals surface area contributed by atoms with Crippen LogP contribution in [-0.2, 0) is 0 Å². The number of carbonyl (C=O) groups excluding carboxylic acids is 1. The lowest BCUT2D eigenvalue weighted by molar-refractivity contribution is 0.102. The first kappa shape index (κ1) is 15.3. The average molecular weight is 328 g/mol. The van der Waals surface area contributed by atoms with E-state index in [1.807, 2.05) is 33.8 Å². The molecule has 23 heavy (non-hydrogen) atoms. The third kappa shape index (κ3) is 3.11. The quantitative estimate of drug-likeness (QED) is 0.799. The van der Waals surface area contributed by atoms with Gasteiger partial charge >= 0.3 is 0 Å². The highest BCUT2D eigenvalue weighted by molar-refractivity contribution is 7.13. The van der Waals surface area contributed by atoms with Crippen LogP contribution in [0.5, 0.6) is 0 Å². The molecule has 1 amide bonds. The Balaban J connectivity index is 1.87. The summed E-state index contributed by atoms with van der Waals surface area (Å²) in [4.78, 5) is 25.5. The maximum absolute atomic E-state index is 12.3. The monoisotopic (exact) mass is 328 g/mol. The molecule has 0 spiro atoms. The molecule has 3 heterocycles. The highest BCUT2D eigenvalue weighted by Gasteiger charge is 2.15. The van der Waals surface area contributed by atoms with Gasteiger partial charge in [0, 0.05) is 11.8 Å². The van der Waals surface area contributed by atoms with Crippen LogP contribution < -0.4 is 5.32 Å². The van der Waals surface area contributed by atoms with Crippen molar-refractivity contribution < 1.29 is 4.79 Å². The Hall–Kier alpha value is -2.61. The molecule has 1 N–H and O–H groups in total. The Kier molecular flexibility index (Phi) is 3.91. The second-order valence-corrected chi connectivity index (χ2v) is 6.41. The van der Waals surface area contributed by atoms with Gasteiger partial charge in [0.05, 0.1) is 16.4 Å². The zero-order valence-corrected chi connectivity index (χ0v) is 14.1. The summed E-state index contributed by atoms with van der Waals surface area (Å²) in [5.41, 5.74) is 2.59. The van der Waals surface area contributed by atoms with E-state index in [0.717, 1.165) is 22.1 Å². The molecule has 8 heteroatoms. The molecule has 3 rings (SSSR count). The van der Waals surface area contributed by atoms with Gasteiger partial charge in [-0.1, -0.05) is 0 Å². The lowest BCUT2D eigenvalue weighted by Crippen LogP contribution is -2.13. The average Bonchev–Trinajstić information content (AvgIpc) is 3.00. The molecule has 0 atom stereocenters.